The molecule has 0 aliphatic rings. The van der Waals surface area contributed by atoms with Crippen LogP contribution in [0.4, 0.5) is 5.69 Å². The lowest BCUT2D eigenvalue weighted by Gasteiger charge is -2.19. The first kappa shape index (κ1) is 18.7. The molecule has 0 fully saturated rings. The maximum atomic E-state index is 12.3. The van der Waals surface area contributed by atoms with E-state index >= 15 is 0 Å². The van der Waals surface area contributed by atoms with Crippen LogP contribution in [0.3, 0.4) is 0 Å². The normalized spacial score (nSPS) is 12.0. The van der Waals surface area contributed by atoms with Crippen molar-refractivity contribution >= 4 is 27.4 Å². The van der Waals surface area contributed by atoms with E-state index in [2.05, 4.69) is 5.32 Å². The fourth-order valence-corrected chi connectivity index (χ4v) is 2.99. The summed E-state index contributed by atoms with van der Waals surface area (Å²) in [5, 5.41) is 11.4. The second-order valence-electron chi connectivity index (χ2n) is 6.50. The van der Waals surface area contributed by atoms with Gasteiger partial charge in [-0.15, -0.1) is 0 Å². The van der Waals surface area contributed by atoms with Crippen LogP contribution in [0.25, 0.3) is 0 Å². The van der Waals surface area contributed by atoms with Crippen LogP contribution in [-0.4, -0.2) is 30.1 Å². The molecule has 2 N–H and O–H groups in total. The zero-order valence-corrected chi connectivity index (χ0v) is 14.9. The molecule has 0 saturated carbocycles. The van der Waals surface area contributed by atoms with Gasteiger partial charge in [-0.2, -0.15) is 0 Å². The van der Waals surface area contributed by atoms with E-state index in [1.165, 1.54) is 12.1 Å². The van der Waals surface area contributed by atoms with Crippen LogP contribution in [0, 0.1) is 0 Å². The van der Waals surface area contributed by atoms with Gasteiger partial charge in [-0.3, -0.25) is 4.79 Å². The summed E-state index contributed by atoms with van der Waals surface area (Å²) in [6.07, 6.45) is 0. The van der Waals surface area contributed by atoms with Crippen LogP contribution in [0.2, 0.25) is 0 Å². The molecule has 0 atom stereocenters. The van der Waals surface area contributed by atoms with Crippen molar-refractivity contribution in [1.29, 1.82) is 0 Å². The summed E-state index contributed by atoms with van der Waals surface area (Å²) in [5.74, 6) is -2.53. The molecule has 0 aliphatic heterocycles. The number of nitrogens with one attached hydrogen (secondary N) is 1. The summed E-state index contributed by atoms with van der Waals surface area (Å²) in [6, 6.07) is 8.90. The maximum absolute atomic E-state index is 12.3. The number of carboxylic acids is 1. The Kier molecular flexibility index (Phi) is 5.03. The van der Waals surface area contributed by atoms with Gasteiger partial charge < -0.3 is 14.8 Å². The quantitative estimate of drug-likeness (QED) is 0.842. The Morgan fingerprint density at radius 2 is 1.76 bits per heavy atom. The number of carbonyl (C=O) groups excluding carboxylic acids is 1. The number of amides is 1. The van der Waals surface area contributed by atoms with Crippen molar-refractivity contribution in [3.05, 3.63) is 53.5 Å². The van der Waals surface area contributed by atoms with E-state index in [1.807, 2.05) is 0 Å². The van der Waals surface area contributed by atoms with Crippen LogP contribution < -0.4 is 5.32 Å². The highest BCUT2D eigenvalue weighted by molar-refractivity contribution is 7.91. The number of carbonyl (C=O) groups is 2. The molecular formula is C17H19NO6S. The third-order valence-electron chi connectivity index (χ3n) is 3.52. The van der Waals surface area contributed by atoms with E-state index in [1.54, 1.807) is 45.0 Å². The summed E-state index contributed by atoms with van der Waals surface area (Å²) in [6.45, 7) is 4.89. The van der Waals surface area contributed by atoms with Crippen LogP contribution in [0.1, 0.15) is 47.4 Å². The Labute approximate surface area is 145 Å². The summed E-state index contributed by atoms with van der Waals surface area (Å²) < 4.78 is 28.6. The van der Waals surface area contributed by atoms with Crippen LogP contribution in [0.15, 0.2) is 40.8 Å². The van der Waals surface area contributed by atoms with Crippen molar-refractivity contribution in [2.24, 2.45) is 0 Å². The van der Waals surface area contributed by atoms with E-state index in [4.69, 9.17) is 9.52 Å². The van der Waals surface area contributed by atoms with Crippen molar-refractivity contribution in [2.75, 3.05) is 5.32 Å². The summed E-state index contributed by atoms with van der Waals surface area (Å²) >= 11 is 0. The van der Waals surface area contributed by atoms with Crippen LogP contribution in [-0.2, 0) is 15.6 Å². The molecule has 0 unspecified atom stereocenters. The molecule has 1 aromatic heterocycles. The number of benzene rings is 1. The monoisotopic (exact) mass is 365 g/mol. The zero-order chi connectivity index (χ0) is 18.8. The zero-order valence-electron chi connectivity index (χ0n) is 14.1. The van der Waals surface area contributed by atoms with Gasteiger partial charge in [-0.25, -0.2) is 13.2 Å². The first-order chi connectivity index (χ1) is 11.5. The van der Waals surface area contributed by atoms with Gasteiger partial charge in [0.2, 0.25) is 5.76 Å². The van der Waals surface area contributed by atoms with Crippen molar-refractivity contribution in [1.82, 2.24) is 0 Å². The third kappa shape index (κ3) is 4.48. The average Bonchev–Trinajstić information content (AvgIpc) is 2.96. The molecule has 0 bridgehead atoms. The van der Waals surface area contributed by atoms with Gasteiger partial charge in [0.05, 0.1) is 10.5 Å². The molecule has 1 aromatic carbocycles. The largest absolute Gasteiger partial charge is 0.475 e. The molecule has 25 heavy (non-hydrogen) atoms. The number of carboxylic acid groups (broad SMARTS) is 1. The fraction of sp³-hybridized carbons (Fsp3) is 0.294. The lowest BCUT2D eigenvalue weighted by Crippen LogP contribution is -2.29. The second-order valence-corrected chi connectivity index (χ2v) is 9.24. The molecule has 0 aliphatic carbocycles. The number of sulfone groups is 1. The molecule has 134 valence electrons. The standard InChI is InChI=1S/C17H19NO6S/c1-17(2,3)25(22,23)10-11-5-4-6-12(9-11)18-15(19)13-7-8-14(24-13)16(20)21/h4-9H,10H2,1-3H3,(H,18,19)(H,20,21). The molecular weight excluding hydrogens is 346 g/mol. The van der Waals surface area contributed by atoms with Crippen molar-refractivity contribution in [2.45, 2.75) is 31.3 Å². The molecule has 1 heterocycles. The molecule has 1 amide bonds. The van der Waals surface area contributed by atoms with Crippen molar-refractivity contribution in [3.8, 4) is 0 Å². The van der Waals surface area contributed by atoms with Gasteiger partial charge in [0, 0.05) is 5.69 Å². The Morgan fingerprint density at radius 1 is 1.12 bits per heavy atom. The lowest BCUT2D eigenvalue weighted by atomic mass is 10.2. The van der Waals surface area contributed by atoms with Crippen molar-refractivity contribution in [3.63, 3.8) is 0 Å². The highest BCUT2D eigenvalue weighted by Gasteiger charge is 2.29. The Morgan fingerprint density at radius 3 is 2.32 bits per heavy atom. The van der Waals surface area contributed by atoms with Gasteiger partial charge in [0.25, 0.3) is 5.91 Å². The number of aromatic carboxylic acids is 1. The summed E-state index contributed by atoms with van der Waals surface area (Å²) in [7, 11) is -3.35. The third-order valence-corrected chi connectivity index (χ3v) is 6.09. The van der Waals surface area contributed by atoms with Gasteiger partial charge in [0.15, 0.2) is 15.6 Å². The molecule has 7 nitrogen and oxygen atoms in total. The minimum absolute atomic E-state index is 0.148. The van der Waals surface area contributed by atoms with E-state index in [-0.39, 0.29) is 17.3 Å². The minimum Gasteiger partial charge on any atom is -0.475 e. The molecule has 0 spiro atoms. The predicted molar refractivity (Wildman–Crippen MR) is 92.4 cm³/mol. The fourth-order valence-electron chi connectivity index (χ4n) is 1.94. The lowest BCUT2D eigenvalue weighted by molar-refractivity contribution is 0.0660. The molecule has 2 aromatic rings. The molecule has 0 radical (unpaired) electrons. The van der Waals surface area contributed by atoms with Gasteiger partial charge in [-0.05, 0) is 50.6 Å². The Balaban J connectivity index is 2.16. The highest BCUT2D eigenvalue weighted by Crippen LogP contribution is 2.22. The first-order valence-electron chi connectivity index (χ1n) is 7.45. The topological polar surface area (TPSA) is 114 Å². The van der Waals surface area contributed by atoms with Crippen molar-refractivity contribution < 1.29 is 27.5 Å². The smallest absolute Gasteiger partial charge is 0.371 e. The molecule has 2 rings (SSSR count). The Bertz CT molecular complexity index is 905. The number of hydrogen-bond acceptors (Lipinski definition) is 5. The van der Waals surface area contributed by atoms with E-state index in [9.17, 15) is 18.0 Å². The summed E-state index contributed by atoms with van der Waals surface area (Å²) in [5.41, 5.74) is 0.929. The average molecular weight is 365 g/mol. The highest BCUT2D eigenvalue weighted by atomic mass is 32.2. The van der Waals surface area contributed by atoms with Gasteiger partial charge in [0.1, 0.15) is 0 Å². The summed E-state index contributed by atoms with van der Waals surface area (Å²) in [4.78, 5) is 22.9. The number of anilines is 1. The minimum atomic E-state index is -3.35. The second kappa shape index (κ2) is 6.72. The van der Waals surface area contributed by atoms with E-state index < -0.39 is 26.5 Å². The number of furan rings is 1. The van der Waals surface area contributed by atoms with Crippen LogP contribution in [0.5, 0.6) is 0 Å². The number of hydrogen-bond donors (Lipinski definition) is 2. The molecule has 8 heteroatoms. The number of rotatable bonds is 5. The first-order valence-corrected chi connectivity index (χ1v) is 9.10. The van der Waals surface area contributed by atoms with E-state index in [0.29, 0.717) is 11.3 Å². The van der Waals surface area contributed by atoms with Gasteiger partial charge >= 0.3 is 5.97 Å². The predicted octanol–water partition coefficient (Wildman–Crippen LogP) is 2.94. The van der Waals surface area contributed by atoms with Gasteiger partial charge in [-0.1, -0.05) is 12.1 Å². The molecule has 0 saturated heterocycles. The Hall–Kier alpha value is -2.61. The van der Waals surface area contributed by atoms with Crippen LogP contribution >= 0.6 is 0 Å². The maximum Gasteiger partial charge on any atom is 0.371 e. The SMILES string of the molecule is CC(C)(C)S(=O)(=O)Cc1cccc(NC(=O)c2ccc(C(=O)O)o2)c1. The van der Waals surface area contributed by atoms with E-state index in [0.717, 1.165) is 0 Å².